The molecule has 6 aromatic carbocycles. The first-order valence-corrected chi connectivity index (χ1v) is 27.5. The van der Waals surface area contributed by atoms with E-state index in [-0.39, 0.29) is 0 Å². The molecular formula is C62H80O2P2. The van der Waals surface area contributed by atoms with Crippen LogP contribution in [0.2, 0.25) is 0 Å². The van der Waals surface area contributed by atoms with Crippen LogP contribution in [0.3, 0.4) is 0 Å². The van der Waals surface area contributed by atoms with Crippen LogP contribution in [0.15, 0.2) is 109 Å². The SMILES string of the molecule is COc1cccc(P(c2cc(C(C)C)cc(C(C)C)c2)c2cc(C(C)C)cc(C(C)C)c2)c1-c1c(OC)cccc1P(c1cc(C(C)C)cc(C(C)C)c1)c1cc(C(C)C)cc(C(C)C)c1. The van der Waals surface area contributed by atoms with Gasteiger partial charge in [0.15, 0.2) is 0 Å². The second-order valence-corrected chi connectivity index (χ2v) is 25.4. The van der Waals surface area contributed by atoms with Gasteiger partial charge in [0.1, 0.15) is 11.5 Å². The molecule has 0 aromatic heterocycles. The zero-order valence-corrected chi connectivity index (χ0v) is 45.5. The molecule has 0 aliphatic rings. The second-order valence-electron chi connectivity index (χ2n) is 21.0. The van der Waals surface area contributed by atoms with Crippen LogP contribution in [0, 0.1) is 0 Å². The third-order valence-corrected chi connectivity index (χ3v) is 18.2. The molecule has 66 heavy (non-hydrogen) atoms. The summed E-state index contributed by atoms with van der Waals surface area (Å²) in [6, 6.07) is 43.6. The van der Waals surface area contributed by atoms with E-state index in [9.17, 15) is 0 Å². The lowest BCUT2D eigenvalue weighted by Crippen LogP contribution is -2.28. The molecule has 4 heteroatoms. The zero-order valence-electron chi connectivity index (χ0n) is 43.7. The molecule has 0 saturated heterocycles. The molecule has 6 aromatic rings. The van der Waals surface area contributed by atoms with Gasteiger partial charge in [-0.05, 0) is 152 Å². The number of hydrogen-bond donors (Lipinski definition) is 0. The first-order valence-electron chi connectivity index (χ1n) is 24.8. The average molecular weight is 919 g/mol. The van der Waals surface area contributed by atoms with Crippen LogP contribution < -0.4 is 41.3 Å². The third-order valence-electron chi connectivity index (χ3n) is 13.4. The van der Waals surface area contributed by atoms with Crippen molar-refractivity contribution >= 4 is 47.7 Å². The molecule has 0 heterocycles. The van der Waals surface area contributed by atoms with Gasteiger partial charge in [-0.15, -0.1) is 0 Å². The highest BCUT2D eigenvalue weighted by Gasteiger charge is 2.32. The van der Waals surface area contributed by atoms with E-state index < -0.39 is 15.8 Å². The Balaban J connectivity index is 1.84. The highest BCUT2D eigenvalue weighted by Crippen LogP contribution is 2.49. The number of ether oxygens (including phenoxy) is 2. The molecule has 2 nitrogen and oxygen atoms in total. The highest BCUT2D eigenvalue weighted by atomic mass is 31.1. The van der Waals surface area contributed by atoms with Crippen molar-refractivity contribution in [1.29, 1.82) is 0 Å². The molecule has 0 fully saturated rings. The number of rotatable bonds is 17. The summed E-state index contributed by atoms with van der Waals surface area (Å²) in [4.78, 5) is 0. The molecule has 0 amide bonds. The quantitative estimate of drug-likeness (QED) is 0.0849. The third kappa shape index (κ3) is 11.2. The summed E-state index contributed by atoms with van der Waals surface area (Å²) in [5.74, 6) is 4.82. The van der Waals surface area contributed by atoms with Crippen LogP contribution >= 0.6 is 15.8 Å². The maximum Gasteiger partial charge on any atom is 0.127 e. The van der Waals surface area contributed by atoms with Crippen LogP contribution in [0.25, 0.3) is 11.1 Å². The maximum atomic E-state index is 6.62. The van der Waals surface area contributed by atoms with Gasteiger partial charge < -0.3 is 9.47 Å². The molecule has 6 rings (SSSR count). The molecular weight excluding hydrogens is 839 g/mol. The number of hydrogen-bond acceptors (Lipinski definition) is 2. The summed E-state index contributed by atoms with van der Waals surface area (Å²) in [6.07, 6.45) is 0. The fourth-order valence-corrected chi connectivity index (χ4v) is 14.2. The summed E-state index contributed by atoms with van der Waals surface area (Å²) in [5.41, 5.74) is 13.3. The first-order chi connectivity index (χ1) is 31.2. The topological polar surface area (TPSA) is 18.5 Å². The minimum Gasteiger partial charge on any atom is -0.496 e. The van der Waals surface area contributed by atoms with Gasteiger partial charge in [-0.1, -0.05) is 208 Å². The van der Waals surface area contributed by atoms with Gasteiger partial charge in [0.25, 0.3) is 0 Å². The molecule has 0 spiro atoms. The number of methoxy groups -OCH3 is 2. The smallest absolute Gasteiger partial charge is 0.127 e. The lowest BCUT2D eigenvalue weighted by atomic mass is 9.96. The van der Waals surface area contributed by atoms with Gasteiger partial charge in [-0.3, -0.25) is 0 Å². The van der Waals surface area contributed by atoms with Crippen molar-refractivity contribution < 1.29 is 9.47 Å². The average Bonchev–Trinajstić information content (AvgIpc) is 3.28. The van der Waals surface area contributed by atoms with Crippen LogP contribution in [0.5, 0.6) is 11.5 Å². The van der Waals surface area contributed by atoms with Crippen LogP contribution in [0.4, 0.5) is 0 Å². The van der Waals surface area contributed by atoms with Crippen molar-refractivity contribution in [1.82, 2.24) is 0 Å². The molecule has 0 atom stereocenters. The maximum absolute atomic E-state index is 6.62. The van der Waals surface area contributed by atoms with E-state index in [4.69, 9.17) is 9.47 Å². The van der Waals surface area contributed by atoms with Gasteiger partial charge >= 0.3 is 0 Å². The van der Waals surface area contributed by atoms with Gasteiger partial charge in [-0.25, -0.2) is 0 Å². The molecule has 0 aliphatic heterocycles. The largest absolute Gasteiger partial charge is 0.496 e. The van der Waals surface area contributed by atoms with Crippen molar-refractivity contribution in [3.8, 4) is 22.6 Å². The van der Waals surface area contributed by atoms with E-state index in [1.54, 1.807) is 0 Å². The van der Waals surface area contributed by atoms with E-state index >= 15 is 0 Å². The van der Waals surface area contributed by atoms with E-state index in [1.165, 1.54) is 76.3 Å². The van der Waals surface area contributed by atoms with Crippen molar-refractivity contribution in [2.75, 3.05) is 14.2 Å². The first kappa shape index (κ1) is 51.2. The fourth-order valence-electron chi connectivity index (χ4n) is 8.93. The molecule has 0 N–H and O–H groups in total. The van der Waals surface area contributed by atoms with Gasteiger partial charge in [-0.2, -0.15) is 0 Å². The zero-order chi connectivity index (χ0) is 48.3. The lowest BCUT2D eigenvalue weighted by molar-refractivity contribution is 0.411. The Hall–Kier alpha value is -4.22. The Bertz CT molecular complexity index is 2200. The second kappa shape index (κ2) is 21.8. The van der Waals surface area contributed by atoms with E-state index in [0.29, 0.717) is 47.3 Å². The van der Waals surface area contributed by atoms with Crippen LogP contribution in [-0.4, -0.2) is 14.2 Å². The monoisotopic (exact) mass is 919 g/mol. The minimum atomic E-state index is -1.12. The predicted octanol–water partition coefficient (Wildman–Crippen LogP) is 15.9. The Morgan fingerprint density at radius 1 is 0.288 bits per heavy atom. The number of benzene rings is 6. The Morgan fingerprint density at radius 2 is 0.485 bits per heavy atom. The summed E-state index contributed by atoms with van der Waals surface area (Å²) >= 11 is 0. The molecule has 0 saturated carbocycles. The summed E-state index contributed by atoms with van der Waals surface area (Å²) < 4.78 is 13.2. The van der Waals surface area contributed by atoms with E-state index in [1.807, 2.05) is 14.2 Å². The Morgan fingerprint density at radius 3 is 0.652 bits per heavy atom. The molecule has 0 aliphatic carbocycles. The minimum absolute atomic E-state index is 0.386. The Kier molecular flexibility index (Phi) is 16.9. The fraction of sp³-hybridized carbons (Fsp3) is 0.419. The lowest BCUT2D eigenvalue weighted by Gasteiger charge is -2.30. The van der Waals surface area contributed by atoms with Crippen LogP contribution in [-0.2, 0) is 0 Å². The van der Waals surface area contributed by atoms with Gasteiger partial charge in [0.2, 0.25) is 0 Å². The molecule has 0 radical (unpaired) electrons. The van der Waals surface area contributed by atoms with Gasteiger partial charge in [0.05, 0.1) is 14.2 Å². The van der Waals surface area contributed by atoms with Crippen molar-refractivity contribution in [3.63, 3.8) is 0 Å². The van der Waals surface area contributed by atoms with Crippen molar-refractivity contribution in [2.45, 2.75) is 158 Å². The summed E-state index contributed by atoms with van der Waals surface area (Å²) in [7, 11) is 1.45. The highest BCUT2D eigenvalue weighted by molar-refractivity contribution is 7.80. The predicted molar refractivity (Wildman–Crippen MR) is 295 cm³/mol. The molecule has 0 bridgehead atoms. The molecule has 0 unspecified atom stereocenters. The molecule has 350 valence electrons. The van der Waals surface area contributed by atoms with Crippen LogP contribution in [0.1, 0.15) is 203 Å². The van der Waals surface area contributed by atoms with Gasteiger partial charge in [0, 0.05) is 11.1 Å². The normalized spacial score (nSPS) is 12.2. The standard InChI is InChI=1S/C62H80O2P2/c1-37(2)45-25-46(38(3)4)30-53(29-45)65(54-31-47(39(5)6)26-48(32-54)40(7)8)59-23-19-21-57(63-17)61(59)62-58(64-18)22-20-24-60(62)66(55-33-49(41(9)10)27-50(34-55)42(11)12)56-35-51(43(13)14)28-52(36-56)44(15)16/h19-44H,1-18H3. The Labute approximate surface area is 403 Å². The van der Waals surface area contributed by atoms with E-state index in [0.717, 1.165) is 22.6 Å². The summed E-state index contributed by atoms with van der Waals surface area (Å²) in [6.45, 7) is 37.3. The summed E-state index contributed by atoms with van der Waals surface area (Å²) in [5, 5.41) is 8.08. The van der Waals surface area contributed by atoms with Crippen molar-refractivity contribution in [3.05, 3.63) is 154 Å². The van der Waals surface area contributed by atoms with Crippen molar-refractivity contribution in [2.24, 2.45) is 0 Å². The van der Waals surface area contributed by atoms with E-state index in [2.05, 4.69) is 220 Å².